The molecule has 0 saturated heterocycles. The second kappa shape index (κ2) is 8.78. The molecule has 0 aromatic heterocycles. The fourth-order valence-electron chi connectivity index (χ4n) is 2.59. The molecule has 3 nitrogen and oxygen atoms in total. The van der Waals surface area contributed by atoms with Crippen LogP contribution in [0.1, 0.15) is 55.8 Å². The number of benzene rings is 2. The van der Waals surface area contributed by atoms with E-state index in [4.69, 9.17) is 0 Å². The van der Waals surface area contributed by atoms with Crippen LogP contribution in [-0.4, -0.2) is 14.2 Å². The molecule has 0 bridgehead atoms. The van der Waals surface area contributed by atoms with Gasteiger partial charge in [0, 0.05) is 12.0 Å². The van der Waals surface area contributed by atoms with Crippen molar-refractivity contribution in [2.45, 2.75) is 55.2 Å². The Labute approximate surface area is 144 Å². The number of carbonyl (C=O) groups excluding carboxylic acids is 1. The van der Waals surface area contributed by atoms with E-state index in [9.17, 15) is 13.2 Å². The van der Waals surface area contributed by atoms with Crippen molar-refractivity contribution in [1.82, 2.24) is 0 Å². The average molecular weight is 344 g/mol. The molecule has 2 rings (SSSR count). The van der Waals surface area contributed by atoms with Crippen LogP contribution < -0.4 is 0 Å². The zero-order valence-corrected chi connectivity index (χ0v) is 14.9. The zero-order valence-electron chi connectivity index (χ0n) is 14.1. The Bertz CT molecular complexity index is 747. The number of ketones is 1. The number of carbonyl (C=O) groups is 1. The normalized spacial score (nSPS) is 11.4. The summed E-state index contributed by atoms with van der Waals surface area (Å²) in [7, 11) is -3.52. The van der Waals surface area contributed by atoms with Crippen molar-refractivity contribution in [3.63, 3.8) is 0 Å². The van der Waals surface area contributed by atoms with Gasteiger partial charge in [0.05, 0.1) is 9.79 Å². The summed E-state index contributed by atoms with van der Waals surface area (Å²) in [6, 6.07) is 14.6. The molecule has 0 fully saturated rings. The Morgan fingerprint density at radius 1 is 0.792 bits per heavy atom. The Morgan fingerprint density at radius 2 is 1.38 bits per heavy atom. The van der Waals surface area contributed by atoms with Crippen LogP contribution >= 0.6 is 0 Å². The Balaban J connectivity index is 2.01. The fourth-order valence-corrected chi connectivity index (χ4v) is 3.87. The van der Waals surface area contributed by atoms with Crippen molar-refractivity contribution in [3.05, 3.63) is 60.2 Å². The van der Waals surface area contributed by atoms with E-state index in [0.717, 1.165) is 19.3 Å². The second-order valence-corrected chi connectivity index (χ2v) is 7.88. The third kappa shape index (κ3) is 4.78. The van der Waals surface area contributed by atoms with Gasteiger partial charge >= 0.3 is 0 Å². The van der Waals surface area contributed by atoms with E-state index >= 15 is 0 Å². The second-order valence-electron chi connectivity index (χ2n) is 5.93. The summed E-state index contributed by atoms with van der Waals surface area (Å²) in [5.74, 6) is 0.0788. The van der Waals surface area contributed by atoms with Crippen molar-refractivity contribution in [3.8, 4) is 0 Å². The molecule has 0 heterocycles. The largest absolute Gasteiger partial charge is 0.294 e. The molecule has 0 saturated carbocycles. The number of Topliss-reactive ketones (excluding diaryl/α,β-unsaturated/α-hetero) is 1. The number of rotatable bonds is 9. The predicted molar refractivity (Wildman–Crippen MR) is 96.0 cm³/mol. The van der Waals surface area contributed by atoms with Crippen LogP contribution in [0.4, 0.5) is 0 Å². The molecule has 0 spiro atoms. The van der Waals surface area contributed by atoms with Gasteiger partial charge in [0.2, 0.25) is 9.84 Å². The van der Waals surface area contributed by atoms with Crippen LogP contribution in [0.25, 0.3) is 0 Å². The first-order valence-corrected chi connectivity index (χ1v) is 9.97. The van der Waals surface area contributed by atoms with Crippen LogP contribution in [-0.2, 0) is 9.84 Å². The molecule has 24 heavy (non-hydrogen) atoms. The molecule has 0 aliphatic rings. The fraction of sp³-hybridized carbons (Fsp3) is 0.350. The Hall–Kier alpha value is -1.94. The van der Waals surface area contributed by atoms with Gasteiger partial charge in [0.15, 0.2) is 5.78 Å². The van der Waals surface area contributed by atoms with Gasteiger partial charge in [-0.1, -0.05) is 62.9 Å². The van der Waals surface area contributed by atoms with Gasteiger partial charge in [-0.15, -0.1) is 0 Å². The Morgan fingerprint density at radius 3 is 2.00 bits per heavy atom. The number of hydrogen-bond donors (Lipinski definition) is 0. The van der Waals surface area contributed by atoms with Crippen LogP contribution in [0.2, 0.25) is 0 Å². The Kier molecular flexibility index (Phi) is 6.73. The van der Waals surface area contributed by atoms with E-state index in [2.05, 4.69) is 6.92 Å². The maximum atomic E-state index is 12.5. The maximum Gasteiger partial charge on any atom is 0.206 e. The van der Waals surface area contributed by atoms with Crippen molar-refractivity contribution < 1.29 is 13.2 Å². The molecule has 2 aromatic carbocycles. The summed E-state index contributed by atoms with van der Waals surface area (Å²) in [4.78, 5) is 12.6. The first-order valence-electron chi connectivity index (χ1n) is 8.49. The van der Waals surface area contributed by atoms with E-state index < -0.39 is 9.84 Å². The topological polar surface area (TPSA) is 51.2 Å². The first-order chi connectivity index (χ1) is 11.6. The predicted octanol–water partition coefficient (Wildman–Crippen LogP) is 5.06. The lowest BCUT2D eigenvalue weighted by Crippen LogP contribution is -2.03. The minimum atomic E-state index is -3.52. The van der Waals surface area contributed by atoms with Gasteiger partial charge in [-0.05, 0) is 30.7 Å². The third-order valence-corrected chi connectivity index (χ3v) is 5.83. The summed E-state index contributed by atoms with van der Waals surface area (Å²) in [5, 5.41) is 0. The lowest BCUT2D eigenvalue weighted by Gasteiger charge is -2.06. The third-order valence-electron chi connectivity index (χ3n) is 4.05. The van der Waals surface area contributed by atoms with Gasteiger partial charge in [-0.3, -0.25) is 4.79 Å². The molecular weight excluding hydrogens is 320 g/mol. The van der Waals surface area contributed by atoms with E-state index in [1.807, 2.05) is 0 Å². The highest BCUT2D eigenvalue weighted by Crippen LogP contribution is 2.21. The molecule has 0 radical (unpaired) electrons. The van der Waals surface area contributed by atoms with Crippen LogP contribution in [0.3, 0.4) is 0 Å². The first kappa shape index (κ1) is 18.4. The standard InChI is InChI=1S/C20H24O3S/c1-2-3-4-5-9-12-20(21)17-13-15-19(16-14-17)24(22,23)18-10-7-6-8-11-18/h6-8,10-11,13-16H,2-5,9,12H2,1H3. The van der Waals surface area contributed by atoms with Crippen molar-refractivity contribution in [2.75, 3.05) is 0 Å². The van der Waals surface area contributed by atoms with Crippen LogP contribution in [0.15, 0.2) is 64.4 Å². The summed E-state index contributed by atoms with van der Waals surface area (Å²) >= 11 is 0. The quantitative estimate of drug-likeness (QED) is 0.472. The smallest absolute Gasteiger partial charge is 0.206 e. The van der Waals surface area contributed by atoms with Gasteiger partial charge in [0.1, 0.15) is 0 Å². The van der Waals surface area contributed by atoms with Crippen molar-refractivity contribution in [2.24, 2.45) is 0 Å². The lowest BCUT2D eigenvalue weighted by molar-refractivity contribution is 0.0979. The highest BCUT2D eigenvalue weighted by Gasteiger charge is 2.17. The van der Waals surface area contributed by atoms with E-state index in [-0.39, 0.29) is 15.6 Å². The van der Waals surface area contributed by atoms with Gasteiger partial charge < -0.3 is 0 Å². The number of unbranched alkanes of at least 4 members (excludes halogenated alkanes) is 4. The van der Waals surface area contributed by atoms with Gasteiger partial charge in [-0.2, -0.15) is 0 Å². The summed E-state index contributed by atoms with van der Waals surface area (Å²) in [6.07, 6.45) is 6.04. The van der Waals surface area contributed by atoms with Crippen LogP contribution in [0.5, 0.6) is 0 Å². The monoisotopic (exact) mass is 344 g/mol. The molecule has 0 N–H and O–H groups in total. The number of sulfone groups is 1. The lowest BCUT2D eigenvalue weighted by atomic mass is 10.0. The SMILES string of the molecule is CCCCCCCC(=O)c1ccc(S(=O)(=O)c2ccccc2)cc1. The minimum Gasteiger partial charge on any atom is -0.294 e. The summed E-state index contributed by atoms with van der Waals surface area (Å²) in [6.45, 7) is 2.16. The van der Waals surface area contributed by atoms with Crippen LogP contribution in [0, 0.1) is 0 Å². The highest BCUT2D eigenvalue weighted by molar-refractivity contribution is 7.91. The molecule has 0 aliphatic carbocycles. The van der Waals surface area contributed by atoms with Gasteiger partial charge in [0.25, 0.3) is 0 Å². The molecule has 2 aromatic rings. The zero-order chi connectivity index (χ0) is 17.4. The molecule has 128 valence electrons. The highest BCUT2D eigenvalue weighted by atomic mass is 32.2. The summed E-state index contributed by atoms with van der Waals surface area (Å²) in [5.41, 5.74) is 0.581. The summed E-state index contributed by atoms with van der Waals surface area (Å²) < 4.78 is 25.0. The van der Waals surface area contributed by atoms with E-state index in [1.165, 1.54) is 25.0 Å². The molecule has 4 heteroatoms. The van der Waals surface area contributed by atoms with Gasteiger partial charge in [-0.25, -0.2) is 8.42 Å². The van der Waals surface area contributed by atoms with E-state index in [1.54, 1.807) is 42.5 Å². The molecular formula is C20H24O3S. The minimum absolute atomic E-state index is 0.0788. The average Bonchev–Trinajstić information content (AvgIpc) is 2.62. The van der Waals surface area contributed by atoms with E-state index in [0.29, 0.717) is 12.0 Å². The van der Waals surface area contributed by atoms with Crippen molar-refractivity contribution in [1.29, 1.82) is 0 Å². The molecule has 0 aliphatic heterocycles. The maximum absolute atomic E-state index is 12.5. The molecule has 0 atom stereocenters. The number of hydrogen-bond acceptors (Lipinski definition) is 3. The van der Waals surface area contributed by atoms with Crippen molar-refractivity contribution >= 4 is 15.6 Å². The molecule has 0 amide bonds. The molecule has 0 unspecified atom stereocenters.